The molecule has 4 nitrogen and oxygen atoms in total. The third-order valence-electron chi connectivity index (χ3n) is 3.42. The van der Waals surface area contributed by atoms with Gasteiger partial charge in [-0.15, -0.1) is 0 Å². The van der Waals surface area contributed by atoms with Crippen LogP contribution >= 0.6 is 11.6 Å². The van der Waals surface area contributed by atoms with Gasteiger partial charge in [-0.05, 0) is 42.8 Å². The van der Waals surface area contributed by atoms with Crippen LogP contribution in [0.3, 0.4) is 0 Å². The van der Waals surface area contributed by atoms with Crippen LogP contribution in [0, 0.1) is 0 Å². The molecule has 1 heterocycles. The molecule has 3 rings (SSSR count). The second kappa shape index (κ2) is 7.11. The third-order valence-corrected chi connectivity index (χ3v) is 3.67. The molecule has 0 saturated carbocycles. The van der Waals surface area contributed by atoms with E-state index in [0.717, 1.165) is 11.5 Å². The molecule has 1 unspecified atom stereocenters. The van der Waals surface area contributed by atoms with Crippen molar-refractivity contribution in [1.82, 2.24) is 9.97 Å². The second-order valence-corrected chi connectivity index (χ2v) is 5.61. The average molecular weight is 325 g/mol. The lowest BCUT2D eigenvalue weighted by Crippen LogP contribution is -2.09. The van der Waals surface area contributed by atoms with E-state index in [0.29, 0.717) is 11.0 Å². The average Bonchev–Trinajstić information content (AvgIpc) is 2.58. The van der Waals surface area contributed by atoms with Crippen LogP contribution in [-0.2, 0) is 0 Å². The van der Waals surface area contributed by atoms with Crippen LogP contribution in [0.2, 0.25) is 5.02 Å². The standard InChI is InChI=1S/C18H17ClN4/c1-13(14-5-3-2-4-6-14)21-17-11-12-20-18(23-17)22-16-9-7-15(19)8-10-16/h2-13H,1H3,(H2,20,21,22,23). The van der Waals surface area contributed by atoms with Gasteiger partial charge in [0.05, 0.1) is 0 Å². The largest absolute Gasteiger partial charge is 0.363 e. The van der Waals surface area contributed by atoms with E-state index in [4.69, 9.17) is 11.6 Å². The quantitative estimate of drug-likeness (QED) is 0.689. The zero-order valence-electron chi connectivity index (χ0n) is 12.7. The van der Waals surface area contributed by atoms with E-state index in [-0.39, 0.29) is 6.04 Å². The molecule has 0 fully saturated rings. The maximum absolute atomic E-state index is 5.89. The molecular weight excluding hydrogens is 308 g/mol. The smallest absolute Gasteiger partial charge is 0.229 e. The van der Waals surface area contributed by atoms with E-state index in [1.54, 1.807) is 6.20 Å². The predicted octanol–water partition coefficient (Wildman–Crippen LogP) is 5.05. The minimum Gasteiger partial charge on any atom is -0.363 e. The zero-order chi connectivity index (χ0) is 16.1. The minimum atomic E-state index is 0.162. The van der Waals surface area contributed by atoms with Crippen molar-refractivity contribution in [1.29, 1.82) is 0 Å². The number of hydrogen-bond donors (Lipinski definition) is 2. The van der Waals surface area contributed by atoms with E-state index in [2.05, 4.69) is 39.7 Å². The lowest BCUT2D eigenvalue weighted by Gasteiger charge is -2.15. The van der Waals surface area contributed by atoms with Crippen molar-refractivity contribution in [3.8, 4) is 0 Å². The summed E-state index contributed by atoms with van der Waals surface area (Å²) in [5.74, 6) is 1.31. The lowest BCUT2D eigenvalue weighted by atomic mass is 10.1. The zero-order valence-corrected chi connectivity index (χ0v) is 13.5. The van der Waals surface area contributed by atoms with Crippen LogP contribution in [0.4, 0.5) is 17.5 Å². The van der Waals surface area contributed by atoms with E-state index < -0.39 is 0 Å². The number of rotatable bonds is 5. The Morgan fingerprint density at radius 2 is 1.70 bits per heavy atom. The van der Waals surface area contributed by atoms with Gasteiger partial charge in [-0.1, -0.05) is 41.9 Å². The summed E-state index contributed by atoms with van der Waals surface area (Å²) in [4.78, 5) is 8.73. The van der Waals surface area contributed by atoms with Crippen molar-refractivity contribution in [2.75, 3.05) is 10.6 Å². The number of benzene rings is 2. The molecule has 0 bridgehead atoms. The Morgan fingerprint density at radius 3 is 2.43 bits per heavy atom. The molecule has 0 spiro atoms. The first-order valence-corrected chi connectivity index (χ1v) is 7.75. The molecule has 2 N–H and O–H groups in total. The van der Waals surface area contributed by atoms with Crippen LogP contribution < -0.4 is 10.6 Å². The molecule has 116 valence electrons. The number of halogens is 1. The van der Waals surface area contributed by atoms with Gasteiger partial charge in [-0.3, -0.25) is 0 Å². The highest BCUT2D eigenvalue weighted by Gasteiger charge is 2.06. The summed E-state index contributed by atoms with van der Waals surface area (Å²) < 4.78 is 0. The highest BCUT2D eigenvalue weighted by Crippen LogP contribution is 2.20. The number of anilines is 3. The van der Waals surface area contributed by atoms with E-state index in [9.17, 15) is 0 Å². The van der Waals surface area contributed by atoms with Crippen molar-refractivity contribution >= 4 is 29.1 Å². The molecule has 0 saturated heterocycles. The van der Waals surface area contributed by atoms with Gasteiger partial charge in [-0.25, -0.2) is 4.98 Å². The summed E-state index contributed by atoms with van der Waals surface area (Å²) in [5, 5.41) is 7.24. The summed E-state index contributed by atoms with van der Waals surface area (Å²) in [7, 11) is 0. The van der Waals surface area contributed by atoms with Crippen LogP contribution in [0.15, 0.2) is 66.9 Å². The molecule has 1 atom stereocenters. The molecule has 0 aliphatic rings. The summed E-state index contributed by atoms with van der Waals surface area (Å²) in [6.45, 7) is 2.10. The Bertz CT molecular complexity index is 759. The van der Waals surface area contributed by atoms with Gasteiger partial charge in [0.25, 0.3) is 0 Å². The Kier molecular flexibility index (Phi) is 4.74. The predicted molar refractivity (Wildman–Crippen MR) is 95.2 cm³/mol. The van der Waals surface area contributed by atoms with E-state index >= 15 is 0 Å². The van der Waals surface area contributed by atoms with Gasteiger partial charge in [0.15, 0.2) is 0 Å². The van der Waals surface area contributed by atoms with Gasteiger partial charge in [0.1, 0.15) is 5.82 Å². The first kappa shape index (κ1) is 15.3. The van der Waals surface area contributed by atoms with Crippen molar-refractivity contribution < 1.29 is 0 Å². The summed E-state index contributed by atoms with van der Waals surface area (Å²) in [6, 6.07) is 19.7. The molecular formula is C18H17ClN4. The first-order chi connectivity index (χ1) is 11.2. The van der Waals surface area contributed by atoms with Gasteiger partial charge < -0.3 is 10.6 Å². The Hall–Kier alpha value is -2.59. The fourth-order valence-corrected chi connectivity index (χ4v) is 2.33. The van der Waals surface area contributed by atoms with Crippen LogP contribution in [0.1, 0.15) is 18.5 Å². The molecule has 23 heavy (non-hydrogen) atoms. The summed E-state index contributed by atoms with van der Waals surface area (Å²) >= 11 is 5.89. The SMILES string of the molecule is CC(Nc1ccnc(Nc2ccc(Cl)cc2)n1)c1ccccc1. The van der Waals surface area contributed by atoms with Crippen molar-refractivity contribution in [3.63, 3.8) is 0 Å². The number of nitrogens with zero attached hydrogens (tertiary/aromatic N) is 2. The molecule has 0 aliphatic heterocycles. The van der Waals surface area contributed by atoms with Crippen molar-refractivity contribution in [2.45, 2.75) is 13.0 Å². The molecule has 5 heteroatoms. The molecule has 3 aromatic rings. The van der Waals surface area contributed by atoms with E-state index in [1.807, 2.05) is 48.5 Å². The van der Waals surface area contributed by atoms with Crippen molar-refractivity contribution in [2.24, 2.45) is 0 Å². The highest BCUT2D eigenvalue weighted by atomic mass is 35.5. The Labute approximate surface area is 140 Å². The normalized spacial score (nSPS) is 11.7. The lowest BCUT2D eigenvalue weighted by molar-refractivity contribution is 0.873. The van der Waals surface area contributed by atoms with Gasteiger partial charge in [0, 0.05) is 22.9 Å². The molecule has 1 aromatic heterocycles. The monoisotopic (exact) mass is 324 g/mol. The molecule has 2 aromatic carbocycles. The fourth-order valence-electron chi connectivity index (χ4n) is 2.21. The second-order valence-electron chi connectivity index (χ2n) is 5.17. The number of hydrogen-bond acceptors (Lipinski definition) is 4. The number of nitrogens with one attached hydrogen (secondary N) is 2. The van der Waals surface area contributed by atoms with Gasteiger partial charge >= 0.3 is 0 Å². The third kappa shape index (κ3) is 4.20. The molecule has 0 radical (unpaired) electrons. The minimum absolute atomic E-state index is 0.162. The molecule has 0 aliphatic carbocycles. The van der Waals surface area contributed by atoms with Gasteiger partial charge in [0.2, 0.25) is 5.95 Å². The van der Waals surface area contributed by atoms with Crippen LogP contribution in [0.5, 0.6) is 0 Å². The fraction of sp³-hybridized carbons (Fsp3) is 0.111. The Balaban J connectivity index is 1.71. The van der Waals surface area contributed by atoms with Gasteiger partial charge in [-0.2, -0.15) is 4.98 Å². The number of aromatic nitrogens is 2. The summed E-state index contributed by atoms with van der Waals surface area (Å²) in [6.07, 6.45) is 1.73. The van der Waals surface area contributed by atoms with Crippen LogP contribution in [-0.4, -0.2) is 9.97 Å². The highest BCUT2D eigenvalue weighted by molar-refractivity contribution is 6.30. The topological polar surface area (TPSA) is 49.8 Å². The maximum Gasteiger partial charge on any atom is 0.229 e. The van der Waals surface area contributed by atoms with E-state index in [1.165, 1.54) is 5.56 Å². The first-order valence-electron chi connectivity index (χ1n) is 7.38. The molecule has 0 amide bonds. The maximum atomic E-state index is 5.89. The van der Waals surface area contributed by atoms with Crippen LogP contribution in [0.25, 0.3) is 0 Å². The Morgan fingerprint density at radius 1 is 0.957 bits per heavy atom. The van der Waals surface area contributed by atoms with Crippen molar-refractivity contribution in [3.05, 3.63) is 77.4 Å². The summed E-state index contributed by atoms with van der Waals surface area (Å²) in [5.41, 5.74) is 2.10.